The predicted octanol–water partition coefficient (Wildman–Crippen LogP) is 2.28. The van der Waals surface area contributed by atoms with Gasteiger partial charge in [-0.25, -0.2) is 0 Å². The van der Waals surface area contributed by atoms with Crippen molar-refractivity contribution in [2.24, 2.45) is 0 Å². The number of hydrogen-bond donors (Lipinski definition) is 0. The highest BCUT2D eigenvalue weighted by Crippen LogP contribution is 2.22. The van der Waals surface area contributed by atoms with Gasteiger partial charge in [0.15, 0.2) is 0 Å². The van der Waals surface area contributed by atoms with Gasteiger partial charge in [0.25, 0.3) is 0 Å². The van der Waals surface area contributed by atoms with Gasteiger partial charge in [-0.1, -0.05) is 15.9 Å². The molecule has 0 amide bonds. The highest BCUT2D eigenvalue weighted by molar-refractivity contribution is 9.11. The molecule has 0 aromatic heterocycles. The zero-order valence-electron chi connectivity index (χ0n) is 5.43. The third-order valence-electron chi connectivity index (χ3n) is 1.40. The smallest absolute Gasteiger partial charge is 0.0794 e. The first-order valence-corrected chi connectivity index (χ1v) is 3.84. The summed E-state index contributed by atoms with van der Waals surface area (Å²) in [6, 6.07) is 0. The van der Waals surface area contributed by atoms with Crippen LogP contribution in [-0.2, 0) is 4.74 Å². The van der Waals surface area contributed by atoms with Gasteiger partial charge >= 0.3 is 0 Å². The molecule has 1 radical (unpaired) electrons. The summed E-state index contributed by atoms with van der Waals surface area (Å²) >= 11 is 3.43. The Labute approximate surface area is 64.2 Å². The summed E-state index contributed by atoms with van der Waals surface area (Å²) in [6.07, 6.45) is 6.73. The van der Waals surface area contributed by atoms with E-state index >= 15 is 0 Å². The first-order valence-electron chi connectivity index (χ1n) is 3.05. The van der Waals surface area contributed by atoms with Crippen LogP contribution < -0.4 is 0 Å². The Kier molecular flexibility index (Phi) is 2.73. The van der Waals surface area contributed by atoms with E-state index in [0.717, 1.165) is 12.8 Å². The van der Waals surface area contributed by atoms with Crippen molar-refractivity contribution in [2.75, 3.05) is 7.11 Å². The first kappa shape index (κ1) is 7.29. The Bertz CT molecular complexity index is 120. The Morgan fingerprint density at radius 2 is 2.56 bits per heavy atom. The minimum Gasteiger partial charge on any atom is -0.377 e. The molecule has 0 spiro atoms. The zero-order valence-corrected chi connectivity index (χ0v) is 7.02. The van der Waals surface area contributed by atoms with Crippen LogP contribution in [0.1, 0.15) is 12.8 Å². The van der Waals surface area contributed by atoms with Gasteiger partial charge in [-0.15, -0.1) is 0 Å². The van der Waals surface area contributed by atoms with Gasteiger partial charge in [-0.2, -0.15) is 0 Å². The standard InChI is InChI=1S/C7H10BrO/c1-9-7-4-2-3-6(8)5-7/h4-5,7H,2-3H2,1H3. The largest absolute Gasteiger partial charge is 0.377 e. The molecule has 9 heavy (non-hydrogen) atoms. The lowest BCUT2D eigenvalue weighted by Crippen LogP contribution is -2.11. The van der Waals surface area contributed by atoms with Gasteiger partial charge in [0, 0.05) is 7.11 Å². The first-order chi connectivity index (χ1) is 4.33. The molecule has 0 N–H and O–H groups in total. The molecule has 1 aliphatic rings. The quantitative estimate of drug-likeness (QED) is 0.616. The lowest BCUT2D eigenvalue weighted by molar-refractivity contribution is 0.159. The third kappa shape index (κ3) is 2.11. The van der Waals surface area contributed by atoms with E-state index in [1.807, 2.05) is 0 Å². The van der Waals surface area contributed by atoms with Crippen LogP contribution >= 0.6 is 15.9 Å². The lowest BCUT2D eigenvalue weighted by atomic mass is 10.1. The summed E-state index contributed by atoms with van der Waals surface area (Å²) < 4.78 is 6.36. The molecule has 0 saturated carbocycles. The second kappa shape index (κ2) is 3.37. The molecule has 0 bridgehead atoms. The number of rotatable bonds is 1. The van der Waals surface area contributed by atoms with Crippen LogP contribution in [0.15, 0.2) is 10.6 Å². The summed E-state index contributed by atoms with van der Waals surface area (Å²) in [5.74, 6) is 0. The Balaban J connectivity index is 2.47. The van der Waals surface area contributed by atoms with E-state index in [1.165, 1.54) is 4.48 Å². The van der Waals surface area contributed by atoms with Crippen LogP contribution in [0.25, 0.3) is 0 Å². The topological polar surface area (TPSA) is 9.23 Å². The predicted molar refractivity (Wildman–Crippen MR) is 41.3 cm³/mol. The molecule has 0 aromatic rings. The van der Waals surface area contributed by atoms with Crippen molar-refractivity contribution >= 4 is 15.9 Å². The molecule has 0 fully saturated rings. The average Bonchev–Trinajstić information content (AvgIpc) is 1.88. The van der Waals surface area contributed by atoms with Crippen molar-refractivity contribution in [3.63, 3.8) is 0 Å². The minimum atomic E-state index is 0.230. The van der Waals surface area contributed by atoms with Gasteiger partial charge in [0.05, 0.1) is 6.10 Å². The van der Waals surface area contributed by atoms with E-state index in [2.05, 4.69) is 28.4 Å². The fourth-order valence-electron chi connectivity index (χ4n) is 0.879. The zero-order chi connectivity index (χ0) is 6.69. The number of ether oxygens (including phenoxy) is 1. The number of hydrogen-bond acceptors (Lipinski definition) is 1. The summed E-state index contributed by atoms with van der Waals surface area (Å²) in [5.41, 5.74) is 0. The molecule has 0 aromatic carbocycles. The highest BCUT2D eigenvalue weighted by Gasteiger charge is 2.10. The molecule has 0 aliphatic heterocycles. The molecule has 1 aliphatic carbocycles. The molecule has 51 valence electrons. The lowest BCUT2D eigenvalue weighted by Gasteiger charge is -2.15. The van der Waals surface area contributed by atoms with Crippen LogP contribution in [0.2, 0.25) is 0 Å². The maximum atomic E-state index is 5.10. The van der Waals surface area contributed by atoms with Gasteiger partial charge in [0.1, 0.15) is 0 Å². The van der Waals surface area contributed by atoms with Crippen molar-refractivity contribution in [3.05, 3.63) is 17.0 Å². The van der Waals surface area contributed by atoms with Crippen molar-refractivity contribution in [2.45, 2.75) is 18.9 Å². The molecular weight excluding hydrogens is 180 g/mol. The molecule has 0 saturated heterocycles. The number of allylic oxidation sites excluding steroid dienone is 1. The highest BCUT2D eigenvalue weighted by atomic mass is 79.9. The van der Waals surface area contributed by atoms with Crippen LogP contribution in [-0.4, -0.2) is 13.2 Å². The Hall–Kier alpha value is 0.180. The van der Waals surface area contributed by atoms with Crippen molar-refractivity contribution in [3.8, 4) is 0 Å². The van der Waals surface area contributed by atoms with Gasteiger partial charge < -0.3 is 4.74 Å². The summed E-state index contributed by atoms with van der Waals surface area (Å²) in [6.45, 7) is 0. The number of methoxy groups -OCH3 is 1. The van der Waals surface area contributed by atoms with Crippen LogP contribution in [0.4, 0.5) is 0 Å². The van der Waals surface area contributed by atoms with E-state index in [9.17, 15) is 0 Å². The summed E-state index contributed by atoms with van der Waals surface area (Å²) in [7, 11) is 1.73. The second-order valence-electron chi connectivity index (χ2n) is 2.09. The summed E-state index contributed by atoms with van der Waals surface area (Å²) in [5, 5.41) is 0. The molecular formula is C7H10BrO. The van der Waals surface area contributed by atoms with E-state index in [0.29, 0.717) is 0 Å². The molecule has 1 nitrogen and oxygen atoms in total. The molecule has 0 heterocycles. The van der Waals surface area contributed by atoms with Crippen molar-refractivity contribution < 1.29 is 4.74 Å². The average molecular weight is 190 g/mol. The molecule has 1 unspecified atom stereocenters. The van der Waals surface area contributed by atoms with Crippen molar-refractivity contribution in [1.29, 1.82) is 0 Å². The Morgan fingerprint density at radius 1 is 1.78 bits per heavy atom. The van der Waals surface area contributed by atoms with E-state index in [-0.39, 0.29) is 6.10 Å². The van der Waals surface area contributed by atoms with Crippen LogP contribution in [0.5, 0.6) is 0 Å². The van der Waals surface area contributed by atoms with Gasteiger partial charge in [-0.3, -0.25) is 0 Å². The summed E-state index contributed by atoms with van der Waals surface area (Å²) in [4.78, 5) is 0. The van der Waals surface area contributed by atoms with E-state index in [1.54, 1.807) is 7.11 Å². The minimum absolute atomic E-state index is 0.230. The van der Waals surface area contributed by atoms with Crippen LogP contribution in [0.3, 0.4) is 0 Å². The van der Waals surface area contributed by atoms with Crippen molar-refractivity contribution in [1.82, 2.24) is 0 Å². The normalized spacial score (nSPS) is 27.8. The maximum Gasteiger partial charge on any atom is 0.0794 e. The third-order valence-corrected chi connectivity index (χ3v) is 2.06. The monoisotopic (exact) mass is 189 g/mol. The van der Waals surface area contributed by atoms with E-state index < -0.39 is 0 Å². The number of halogens is 1. The van der Waals surface area contributed by atoms with E-state index in [4.69, 9.17) is 4.74 Å². The maximum absolute atomic E-state index is 5.10. The van der Waals surface area contributed by atoms with Gasteiger partial charge in [-0.05, 0) is 29.8 Å². The molecule has 1 rings (SSSR count). The SMILES string of the molecule is COC1[CH]CCC(Br)=C1. The van der Waals surface area contributed by atoms with Gasteiger partial charge in [0.2, 0.25) is 0 Å². The fourth-order valence-corrected chi connectivity index (χ4v) is 1.37. The fraction of sp³-hybridized carbons (Fsp3) is 0.571. The Morgan fingerprint density at radius 3 is 3.00 bits per heavy atom. The second-order valence-corrected chi connectivity index (χ2v) is 3.11. The molecule has 2 heteroatoms. The van der Waals surface area contributed by atoms with Crippen LogP contribution in [0, 0.1) is 6.42 Å². The molecule has 1 atom stereocenters.